The van der Waals surface area contributed by atoms with Crippen molar-refractivity contribution in [2.45, 2.75) is 12.8 Å². The molecule has 2 heterocycles. The first-order valence-corrected chi connectivity index (χ1v) is 8.30. The molecule has 6 heteroatoms. The summed E-state index contributed by atoms with van der Waals surface area (Å²) in [6, 6.07) is 19.0. The minimum atomic E-state index is -0.104. The molecular formula is C20H16N4O2. The number of aromatic nitrogens is 3. The minimum absolute atomic E-state index is 0.104. The maximum atomic E-state index is 12.2. The second kappa shape index (κ2) is 7.14. The summed E-state index contributed by atoms with van der Waals surface area (Å²) in [6.07, 6.45) is 2.40. The standard InChI is InChI=1S/C20H16N4O2/c25-18(22-16-8-9-17-15(13-16)7-4-12-21-17)10-11-19-23-20(24-26-19)14-5-2-1-3-6-14/h1-9,12-13H,10-11H2,(H,22,25). The van der Waals surface area contributed by atoms with E-state index in [2.05, 4.69) is 20.4 Å². The van der Waals surface area contributed by atoms with Crippen LogP contribution in [0.15, 0.2) is 71.4 Å². The van der Waals surface area contributed by atoms with Gasteiger partial charge in [0, 0.05) is 35.7 Å². The van der Waals surface area contributed by atoms with Crippen LogP contribution in [0.1, 0.15) is 12.3 Å². The van der Waals surface area contributed by atoms with E-state index in [1.54, 1.807) is 6.20 Å². The summed E-state index contributed by atoms with van der Waals surface area (Å²) in [6.45, 7) is 0. The monoisotopic (exact) mass is 344 g/mol. The van der Waals surface area contributed by atoms with Crippen molar-refractivity contribution in [2.24, 2.45) is 0 Å². The molecular weight excluding hydrogens is 328 g/mol. The van der Waals surface area contributed by atoms with E-state index in [0.717, 1.165) is 22.2 Å². The minimum Gasteiger partial charge on any atom is -0.339 e. The first-order valence-electron chi connectivity index (χ1n) is 8.30. The van der Waals surface area contributed by atoms with Crippen LogP contribution in [0.4, 0.5) is 5.69 Å². The third kappa shape index (κ3) is 3.59. The summed E-state index contributed by atoms with van der Waals surface area (Å²) in [5.41, 5.74) is 2.52. The molecule has 0 atom stereocenters. The van der Waals surface area contributed by atoms with Gasteiger partial charge in [-0.3, -0.25) is 9.78 Å². The van der Waals surface area contributed by atoms with Gasteiger partial charge in [-0.25, -0.2) is 0 Å². The van der Waals surface area contributed by atoms with Crippen LogP contribution in [-0.2, 0) is 11.2 Å². The molecule has 4 rings (SSSR count). The van der Waals surface area contributed by atoms with E-state index in [1.807, 2.05) is 60.7 Å². The van der Waals surface area contributed by atoms with Crippen LogP contribution in [0.5, 0.6) is 0 Å². The van der Waals surface area contributed by atoms with Gasteiger partial charge in [-0.15, -0.1) is 0 Å². The maximum absolute atomic E-state index is 12.2. The maximum Gasteiger partial charge on any atom is 0.227 e. The second-order valence-electron chi connectivity index (χ2n) is 5.84. The number of carbonyl (C=O) groups is 1. The quantitative estimate of drug-likeness (QED) is 0.594. The van der Waals surface area contributed by atoms with Gasteiger partial charge in [0.05, 0.1) is 5.52 Å². The summed E-state index contributed by atoms with van der Waals surface area (Å²) in [7, 11) is 0. The number of nitrogens with one attached hydrogen (secondary N) is 1. The smallest absolute Gasteiger partial charge is 0.227 e. The van der Waals surface area contributed by atoms with E-state index in [-0.39, 0.29) is 12.3 Å². The predicted octanol–water partition coefficient (Wildman–Crippen LogP) is 3.86. The van der Waals surface area contributed by atoms with Gasteiger partial charge in [0.25, 0.3) is 0 Å². The van der Waals surface area contributed by atoms with Crippen molar-refractivity contribution in [1.29, 1.82) is 0 Å². The highest BCUT2D eigenvalue weighted by Crippen LogP contribution is 2.18. The fourth-order valence-electron chi connectivity index (χ4n) is 2.66. The van der Waals surface area contributed by atoms with Crippen LogP contribution in [0.3, 0.4) is 0 Å². The molecule has 4 aromatic rings. The summed E-state index contributed by atoms with van der Waals surface area (Å²) in [5.74, 6) is 0.873. The van der Waals surface area contributed by atoms with Crippen molar-refractivity contribution in [1.82, 2.24) is 15.1 Å². The molecule has 0 unspecified atom stereocenters. The third-order valence-electron chi connectivity index (χ3n) is 3.95. The Bertz CT molecular complexity index is 1040. The van der Waals surface area contributed by atoms with Gasteiger partial charge in [-0.2, -0.15) is 4.98 Å². The summed E-state index contributed by atoms with van der Waals surface area (Å²) in [4.78, 5) is 20.8. The van der Waals surface area contributed by atoms with Crippen molar-refractivity contribution in [2.75, 3.05) is 5.32 Å². The molecule has 0 radical (unpaired) electrons. The molecule has 2 aromatic heterocycles. The van der Waals surface area contributed by atoms with Crippen LogP contribution in [0.2, 0.25) is 0 Å². The SMILES string of the molecule is O=C(CCc1nc(-c2ccccc2)no1)Nc1ccc2ncccc2c1. The zero-order chi connectivity index (χ0) is 17.8. The number of anilines is 1. The number of rotatable bonds is 5. The first-order chi connectivity index (χ1) is 12.8. The molecule has 0 saturated carbocycles. The molecule has 1 N–H and O–H groups in total. The highest BCUT2D eigenvalue weighted by atomic mass is 16.5. The molecule has 2 aromatic carbocycles. The lowest BCUT2D eigenvalue weighted by molar-refractivity contribution is -0.116. The van der Waals surface area contributed by atoms with Crippen LogP contribution in [0, 0.1) is 0 Å². The molecule has 0 aliphatic heterocycles. The van der Waals surface area contributed by atoms with Crippen molar-refractivity contribution < 1.29 is 9.32 Å². The second-order valence-corrected chi connectivity index (χ2v) is 5.84. The fraction of sp³-hybridized carbons (Fsp3) is 0.100. The lowest BCUT2D eigenvalue weighted by Gasteiger charge is -2.05. The van der Waals surface area contributed by atoms with Gasteiger partial charge in [0.15, 0.2) is 0 Å². The van der Waals surface area contributed by atoms with Crippen molar-refractivity contribution in [3.05, 3.63) is 72.8 Å². The lowest BCUT2D eigenvalue weighted by Crippen LogP contribution is -2.12. The number of pyridine rings is 1. The van der Waals surface area contributed by atoms with Gasteiger partial charge in [0.1, 0.15) is 0 Å². The molecule has 26 heavy (non-hydrogen) atoms. The van der Waals surface area contributed by atoms with E-state index in [9.17, 15) is 4.79 Å². The number of aryl methyl sites for hydroxylation is 1. The molecule has 0 bridgehead atoms. The molecule has 0 fully saturated rings. The molecule has 1 amide bonds. The topological polar surface area (TPSA) is 80.9 Å². The number of benzene rings is 2. The number of fused-ring (bicyclic) bond motifs is 1. The Labute approximate surface area is 149 Å². The lowest BCUT2D eigenvalue weighted by atomic mass is 10.2. The van der Waals surface area contributed by atoms with E-state index in [0.29, 0.717) is 18.1 Å². The molecule has 0 saturated heterocycles. The zero-order valence-electron chi connectivity index (χ0n) is 13.9. The number of hydrogen-bond acceptors (Lipinski definition) is 5. The summed E-state index contributed by atoms with van der Waals surface area (Å²) in [5, 5.41) is 7.83. The van der Waals surface area contributed by atoms with E-state index >= 15 is 0 Å². The zero-order valence-corrected chi connectivity index (χ0v) is 13.9. The van der Waals surface area contributed by atoms with Gasteiger partial charge in [-0.05, 0) is 24.3 Å². The number of hydrogen-bond donors (Lipinski definition) is 1. The Hall–Kier alpha value is -3.54. The average Bonchev–Trinajstić information content (AvgIpc) is 3.16. The normalized spacial score (nSPS) is 10.8. The van der Waals surface area contributed by atoms with Crippen LogP contribution in [0.25, 0.3) is 22.3 Å². The summed E-state index contributed by atoms with van der Waals surface area (Å²) >= 11 is 0. The molecule has 6 nitrogen and oxygen atoms in total. The summed E-state index contributed by atoms with van der Waals surface area (Å²) < 4.78 is 5.23. The molecule has 128 valence electrons. The van der Waals surface area contributed by atoms with E-state index in [4.69, 9.17) is 4.52 Å². The van der Waals surface area contributed by atoms with Crippen molar-refractivity contribution in [3.8, 4) is 11.4 Å². The molecule has 0 aliphatic rings. The molecule has 0 aliphatic carbocycles. The Morgan fingerprint density at radius 1 is 1.04 bits per heavy atom. The predicted molar refractivity (Wildman–Crippen MR) is 98.4 cm³/mol. The number of carbonyl (C=O) groups excluding carboxylic acids is 1. The Morgan fingerprint density at radius 2 is 1.92 bits per heavy atom. The van der Waals surface area contributed by atoms with Gasteiger partial charge < -0.3 is 9.84 Å². The fourth-order valence-corrected chi connectivity index (χ4v) is 2.66. The van der Waals surface area contributed by atoms with Crippen LogP contribution >= 0.6 is 0 Å². The van der Waals surface area contributed by atoms with Crippen molar-refractivity contribution >= 4 is 22.5 Å². The Kier molecular flexibility index (Phi) is 4.38. The van der Waals surface area contributed by atoms with E-state index < -0.39 is 0 Å². The van der Waals surface area contributed by atoms with Crippen molar-refractivity contribution in [3.63, 3.8) is 0 Å². The number of amides is 1. The van der Waals surface area contributed by atoms with E-state index in [1.165, 1.54) is 0 Å². The van der Waals surface area contributed by atoms with Gasteiger partial charge in [-0.1, -0.05) is 41.6 Å². The van der Waals surface area contributed by atoms with Crippen LogP contribution in [-0.4, -0.2) is 21.0 Å². The van der Waals surface area contributed by atoms with Gasteiger partial charge >= 0.3 is 0 Å². The third-order valence-corrected chi connectivity index (χ3v) is 3.95. The van der Waals surface area contributed by atoms with Crippen LogP contribution < -0.4 is 5.32 Å². The average molecular weight is 344 g/mol. The molecule has 0 spiro atoms. The first kappa shape index (κ1) is 16.0. The Morgan fingerprint density at radius 3 is 2.81 bits per heavy atom. The highest BCUT2D eigenvalue weighted by molar-refractivity contribution is 5.93. The largest absolute Gasteiger partial charge is 0.339 e. The van der Waals surface area contributed by atoms with Gasteiger partial charge in [0.2, 0.25) is 17.6 Å². The Balaban J connectivity index is 1.37. The number of nitrogens with zero attached hydrogens (tertiary/aromatic N) is 3. The highest BCUT2D eigenvalue weighted by Gasteiger charge is 2.11.